The summed E-state index contributed by atoms with van der Waals surface area (Å²) in [4.78, 5) is 38.7. The van der Waals surface area contributed by atoms with Crippen molar-refractivity contribution in [3.05, 3.63) is 77.9 Å². The van der Waals surface area contributed by atoms with Crippen LogP contribution in [0.5, 0.6) is 5.75 Å². The van der Waals surface area contributed by atoms with Gasteiger partial charge in [0.15, 0.2) is 0 Å². The zero-order chi connectivity index (χ0) is 19.7. The molecule has 0 spiro atoms. The van der Waals surface area contributed by atoms with Crippen LogP contribution in [0, 0.1) is 0 Å². The second-order valence-electron chi connectivity index (χ2n) is 6.23. The fourth-order valence-electron chi connectivity index (χ4n) is 3.17. The number of urea groups is 1. The summed E-state index contributed by atoms with van der Waals surface area (Å²) in [6, 6.07) is 19.0. The van der Waals surface area contributed by atoms with Crippen LogP contribution in [-0.4, -0.2) is 25.0 Å². The van der Waals surface area contributed by atoms with Crippen molar-refractivity contribution >= 4 is 40.4 Å². The first kappa shape index (κ1) is 17.5. The van der Waals surface area contributed by atoms with Gasteiger partial charge in [0.25, 0.3) is 11.8 Å². The Morgan fingerprint density at radius 2 is 1.68 bits per heavy atom. The maximum Gasteiger partial charge on any atom is 0.335 e. The second kappa shape index (κ2) is 7.00. The van der Waals surface area contributed by atoms with Crippen LogP contribution in [0.1, 0.15) is 5.56 Å². The van der Waals surface area contributed by atoms with E-state index in [1.165, 1.54) is 13.2 Å². The number of benzene rings is 3. The lowest BCUT2D eigenvalue weighted by Crippen LogP contribution is -2.54. The molecule has 0 aliphatic carbocycles. The Morgan fingerprint density at radius 1 is 0.929 bits per heavy atom. The summed E-state index contributed by atoms with van der Waals surface area (Å²) in [7, 11) is 1.49. The molecule has 1 heterocycles. The predicted molar refractivity (Wildman–Crippen MR) is 106 cm³/mol. The van der Waals surface area contributed by atoms with Crippen LogP contribution in [0.3, 0.4) is 0 Å². The van der Waals surface area contributed by atoms with Crippen molar-refractivity contribution in [1.82, 2.24) is 5.32 Å². The van der Waals surface area contributed by atoms with E-state index in [1.54, 1.807) is 24.3 Å². The molecule has 0 radical (unpaired) electrons. The second-order valence-corrected chi connectivity index (χ2v) is 6.23. The molecule has 4 amide bonds. The molecule has 1 aliphatic rings. The molecular weight excluding hydrogens is 356 g/mol. The van der Waals surface area contributed by atoms with Gasteiger partial charge in [0.2, 0.25) is 0 Å². The third kappa shape index (κ3) is 3.01. The van der Waals surface area contributed by atoms with Crippen LogP contribution < -0.4 is 15.0 Å². The van der Waals surface area contributed by atoms with E-state index in [2.05, 4.69) is 5.32 Å². The number of imide groups is 2. The average molecular weight is 372 g/mol. The van der Waals surface area contributed by atoms with E-state index in [9.17, 15) is 14.4 Å². The highest BCUT2D eigenvalue weighted by Crippen LogP contribution is 2.27. The fraction of sp³-hybridized carbons (Fsp3) is 0.0455. The Morgan fingerprint density at radius 3 is 2.50 bits per heavy atom. The summed E-state index contributed by atoms with van der Waals surface area (Å²) in [6.45, 7) is 0. The number of carbonyl (C=O) groups is 3. The third-order valence-electron chi connectivity index (χ3n) is 4.54. The zero-order valence-corrected chi connectivity index (χ0v) is 15.0. The zero-order valence-electron chi connectivity index (χ0n) is 15.0. The first-order valence-electron chi connectivity index (χ1n) is 8.62. The first-order valence-corrected chi connectivity index (χ1v) is 8.62. The maximum atomic E-state index is 13.0. The minimum Gasteiger partial charge on any atom is -0.497 e. The molecule has 0 atom stereocenters. The lowest BCUT2D eigenvalue weighted by molar-refractivity contribution is -0.122. The van der Waals surface area contributed by atoms with E-state index in [-0.39, 0.29) is 5.57 Å². The third-order valence-corrected chi connectivity index (χ3v) is 4.54. The monoisotopic (exact) mass is 372 g/mol. The quantitative estimate of drug-likeness (QED) is 0.564. The molecule has 138 valence electrons. The molecule has 3 aromatic carbocycles. The van der Waals surface area contributed by atoms with Gasteiger partial charge in [-0.05, 0) is 34.5 Å². The molecule has 3 aromatic rings. The number of hydrogen-bond donors (Lipinski definition) is 1. The highest BCUT2D eigenvalue weighted by Gasteiger charge is 2.37. The van der Waals surface area contributed by atoms with Gasteiger partial charge in [-0.15, -0.1) is 0 Å². The Balaban J connectivity index is 1.80. The van der Waals surface area contributed by atoms with Crippen molar-refractivity contribution in [2.24, 2.45) is 0 Å². The van der Waals surface area contributed by atoms with E-state index in [0.29, 0.717) is 11.4 Å². The number of hydrogen-bond acceptors (Lipinski definition) is 4. The molecule has 1 saturated heterocycles. The van der Waals surface area contributed by atoms with Crippen LogP contribution in [0.25, 0.3) is 16.8 Å². The van der Waals surface area contributed by atoms with Crippen LogP contribution in [0.15, 0.2) is 72.3 Å². The number of ether oxygens (including phenoxy) is 1. The van der Waals surface area contributed by atoms with Crippen LogP contribution in [0.2, 0.25) is 0 Å². The summed E-state index contributed by atoms with van der Waals surface area (Å²) < 4.78 is 5.16. The van der Waals surface area contributed by atoms with E-state index in [0.717, 1.165) is 21.2 Å². The van der Waals surface area contributed by atoms with Crippen LogP contribution in [0.4, 0.5) is 10.5 Å². The number of anilines is 1. The summed E-state index contributed by atoms with van der Waals surface area (Å²) in [5.41, 5.74) is 0.925. The molecule has 4 rings (SSSR count). The Bertz CT molecular complexity index is 1140. The van der Waals surface area contributed by atoms with E-state index in [4.69, 9.17) is 4.74 Å². The van der Waals surface area contributed by atoms with Crippen molar-refractivity contribution in [2.45, 2.75) is 0 Å². The molecule has 0 unspecified atom stereocenters. The normalized spacial score (nSPS) is 15.8. The van der Waals surface area contributed by atoms with Crippen molar-refractivity contribution in [2.75, 3.05) is 12.0 Å². The topological polar surface area (TPSA) is 75.7 Å². The van der Waals surface area contributed by atoms with Gasteiger partial charge in [-0.2, -0.15) is 0 Å². The standard InChI is InChI=1S/C22H16N2O4/c1-28-17-10-5-9-16(13-17)24-21(26)19(20(25)23-22(24)27)12-15-8-4-7-14-6-2-3-11-18(14)15/h2-13H,1H3,(H,23,25,27). The molecule has 6 heteroatoms. The Hall–Kier alpha value is -3.93. The van der Waals surface area contributed by atoms with Gasteiger partial charge in [0.05, 0.1) is 12.8 Å². The first-order chi connectivity index (χ1) is 13.6. The Labute approximate surface area is 161 Å². The van der Waals surface area contributed by atoms with E-state index >= 15 is 0 Å². The fourth-order valence-corrected chi connectivity index (χ4v) is 3.17. The summed E-state index contributed by atoms with van der Waals surface area (Å²) >= 11 is 0. The highest BCUT2D eigenvalue weighted by atomic mass is 16.5. The van der Waals surface area contributed by atoms with Gasteiger partial charge in [-0.3, -0.25) is 14.9 Å². The smallest absolute Gasteiger partial charge is 0.335 e. The number of nitrogens with zero attached hydrogens (tertiary/aromatic N) is 1. The van der Waals surface area contributed by atoms with Gasteiger partial charge in [0, 0.05) is 6.07 Å². The molecule has 28 heavy (non-hydrogen) atoms. The molecule has 1 fully saturated rings. The number of nitrogens with one attached hydrogen (secondary N) is 1. The molecule has 1 aliphatic heterocycles. The van der Waals surface area contributed by atoms with Gasteiger partial charge in [-0.1, -0.05) is 48.5 Å². The molecule has 0 bridgehead atoms. The van der Waals surface area contributed by atoms with Crippen molar-refractivity contribution in [3.8, 4) is 5.75 Å². The summed E-state index contributed by atoms with van der Waals surface area (Å²) in [5.74, 6) is -0.911. The molecule has 0 saturated carbocycles. The summed E-state index contributed by atoms with van der Waals surface area (Å²) in [6.07, 6.45) is 1.51. The van der Waals surface area contributed by atoms with Crippen LogP contribution in [-0.2, 0) is 9.59 Å². The number of methoxy groups -OCH3 is 1. The predicted octanol–water partition coefficient (Wildman–Crippen LogP) is 3.51. The molecule has 6 nitrogen and oxygen atoms in total. The van der Waals surface area contributed by atoms with Gasteiger partial charge in [-0.25, -0.2) is 9.69 Å². The number of barbiturate groups is 1. The average Bonchev–Trinajstić information content (AvgIpc) is 2.71. The largest absolute Gasteiger partial charge is 0.497 e. The van der Waals surface area contributed by atoms with Crippen molar-refractivity contribution in [3.63, 3.8) is 0 Å². The van der Waals surface area contributed by atoms with Crippen LogP contribution >= 0.6 is 0 Å². The number of amides is 4. The maximum absolute atomic E-state index is 13.0. The molecule has 0 aromatic heterocycles. The number of fused-ring (bicyclic) bond motifs is 1. The van der Waals surface area contributed by atoms with Gasteiger partial charge < -0.3 is 4.74 Å². The van der Waals surface area contributed by atoms with E-state index in [1.807, 2.05) is 42.5 Å². The number of carbonyl (C=O) groups excluding carboxylic acids is 3. The minimum absolute atomic E-state index is 0.112. The summed E-state index contributed by atoms with van der Waals surface area (Å²) in [5, 5.41) is 4.13. The molecular formula is C22H16N2O4. The highest BCUT2D eigenvalue weighted by molar-refractivity contribution is 6.39. The number of rotatable bonds is 3. The van der Waals surface area contributed by atoms with Gasteiger partial charge in [0.1, 0.15) is 11.3 Å². The molecule has 1 N–H and O–H groups in total. The van der Waals surface area contributed by atoms with Crippen molar-refractivity contribution < 1.29 is 19.1 Å². The lowest BCUT2D eigenvalue weighted by atomic mass is 10.0. The van der Waals surface area contributed by atoms with Gasteiger partial charge >= 0.3 is 6.03 Å². The minimum atomic E-state index is -0.793. The van der Waals surface area contributed by atoms with Crippen molar-refractivity contribution in [1.29, 1.82) is 0 Å². The lowest BCUT2D eigenvalue weighted by Gasteiger charge is -2.26. The Kier molecular flexibility index (Phi) is 4.37. The van der Waals surface area contributed by atoms with E-state index < -0.39 is 17.8 Å². The SMILES string of the molecule is COc1cccc(N2C(=O)NC(=O)C(=Cc3cccc4ccccc34)C2=O)c1.